The van der Waals surface area contributed by atoms with Crippen LogP contribution in [0.1, 0.15) is 25.8 Å². The van der Waals surface area contributed by atoms with E-state index in [2.05, 4.69) is 28.9 Å². The van der Waals surface area contributed by atoms with Gasteiger partial charge in [0.2, 0.25) is 0 Å². The summed E-state index contributed by atoms with van der Waals surface area (Å²) < 4.78 is 26.8. The monoisotopic (exact) mass is 413 g/mol. The molecule has 0 amide bonds. The fraction of sp³-hybridized carbons (Fsp3) is 0.400. The molecular weight excluding hydrogens is 389 g/mol. The smallest absolute Gasteiger partial charge is 0.192 e. The molecule has 10 heteroatoms. The van der Waals surface area contributed by atoms with Crippen LogP contribution >= 0.6 is 0 Å². The zero-order valence-electron chi connectivity index (χ0n) is 17.2. The predicted octanol–water partition coefficient (Wildman–Crippen LogP) is 2.65. The minimum Gasteiger partial charge on any atom is -0.493 e. The summed E-state index contributed by atoms with van der Waals surface area (Å²) in [6, 6.07) is 4.60. The predicted molar refractivity (Wildman–Crippen MR) is 111 cm³/mol. The molecule has 30 heavy (non-hydrogen) atoms. The van der Waals surface area contributed by atoms with Crippen molar-refractivity contribution < 1.29 is 13.9 Å². The molecule has 1 aliphatic heterocycles. The van der Waals surface area contributed by atoms with Gasteiger partial charge in [0.25, 0.3) is 0 Å². The zero-order valence-corrected chi connectivity index (χ0v) is 17.2. The number of nitrogens with zero attached hydrogens (tertiary/aromatic N) is 6. The van der Waals surface area contributed by atoms with Crippen molar-refractivity contribution in [3.05, 3.63) is 29.7 Å². The van der Waals surface area contributed by atoms with Gasteiger partial charge in [-0.1, -0.05) is 20.3 Å². The SMILES string of the molecule is CCC.COc1cc2ncc(-c3nc(N)c(C#N)cc3F)n2nc1N1CCOCC1. The number of hydrogen-bond acceptors (Lipinski definition) is 8. The van der Waals surface area contributed by atoms with Crippen LogP contribution in [0.4, 0.5) is 16.0 Å². The largest absolute Gasteiger partial charge is 0.493 e. The van der Waals surface area contributed by atoms with Gasteiger partial charge in [-0.2, -0.15) is 5.26 Å². The second-order valence-electron chi connectivity index (χ2n) is 6.62. The summed E-state index contributed by atoms with van der Waals surface area (Å²) in [6.07, 6.45) is 2.71. The van der Waals surface area contributed by atoms with Crippen LogP contribution in [0.2, 0.25) is 0 Å². The topological polar surface area (TPSA) is 115 Å². The number of nitriles is 1. The van der Waals surface area contributed by atoms with Gasteiger partial charge in [0.15, 0.2) is 23.0 Å². The van der Waals surface area contributed by atoms with Gasteiger partial charge < -0.3 is 20.1 Å². The number of morpholine rings is 1. The number of aromatic nitrogens is 4. The lowest BCUT2D eigenvalue weighted by atomic mass is 10.2. The Balaban J connectivity index is 0.000000806. The van der Waals surface area contributed by atoms with Crippen LogP contribution < -0.4 is 15.4 Å². The Morgan fingerprint density at radius 2 is 2.00 bits per heavy atom. The maximum Gasteiger partial charge on any atom is 0.192 e. The molecule has 0 bridgehead atoms. The molecule has 0 spiro atoms. The molecule has 158 valence electrons. The highest BCUT2D eigenvalue weighted by Gasteiger charge is 2.22. The molecule has 0 atom stereocenters. The lowest BCUT2D eigenvalue weighted by molar-refractivity contribution is 0.122. The van der Waals surface area contributed by atoms with Gasteiger partial charge in [0, 0.05) is 19.2 Å². The molecule has 2 N–H and O–H groups in total. The van der Waals surface area contributed by atoms with Gasteiger partial charge in [0.1, 0.15) is 23.3 Å². The summed E-state index contributed by atoms with van der Waals surface area (Å²) in [5.41, 5.74) is 6.51. The number of anilines is 2. The molecule has 1 aliphatic rings. The highest BCUT2D eigenvalue weighted by molar-refractivity contribution is 5.67. The first-order valence-corrected chi connectivity index (χ1v) is 9.65. The van der Waals surface area contributed by atoms with E-state index in [1.165, 1.54) is 17.1 Å². The van der Waals surface area contributed by atoms with Gasteiger partial charge in [-0.15, -0.1) is 5.10 Å². The van der Waals surface area contributed by atoms with Crippen LogP contribution in [0.25, 0.3) is 17.0 Å². The minimum atomic E-state index is -0.673. The van der Waals surface area contributed by atoms with E-state index in [4.69, 9.17) is 20.5 Å². The van der Waals surface area contributed by atoms with Crippen LogP contribution in [0.3, 0.4) is 0 Å². The molecule has 9 nitrogen and oxygen atoms in total. The summed E-state index contributed by atoms with van der Waals surface area (Å²) in [6.45, 7) is 6.74. The van der Waals surface area contributed by atoms with Crippen molar-refractivity contribution in [2.45, 2.75) is 20.3 Å². The lowest BCUT2D eigenvalue weighted by Crippen LogP contribution is -2.37. The first-order valence-electron chi connectivity index (χ1n) is 9.65. The summed E-state index contributed by atoms with van der Waals surface area (Å²) in [5, 5.41) is 13.6. The molecule has 4 heterocycles. The third-order valence-electron chi connectivity index (χ3n) is 4.34. The van der Waals surface area contributed by atoms with Crippen LogP contribution in [-0.4, -0.2) is 53.0 Å². The van der Waals surface area contributed by atoms with Crippen molar-refractivity contribution in [3.63, 3.8) is 0 Å². The van der Waals surface area contributed by atoms with E-state index < -0.39 is 5.82 Å². The third kappa shape index (κ3) is 4.11. The van der Waals surface area contributed by atoms with Crippen molar-refractivity contribution in [2.75, 3.05) is 44.0 Å². The number of ether oxygens (including phenoxy) is 2. The zero-order chi connectivity index (χ0) is 21.7. The van der Waals surface area contributed by atoms with Crippen LogP contribution in [0.5, 0.6) is 5.75 Å². The number of nitrogen functional groups attached to an aromatic ring is 1. The van der Waals surface area contributed by atoms with E-state index in [-0.39, 0.29) is 17.1 Å². The van der Waals surface area contributed by atoms with E-state index in [0.29, 0.717) is 49.2 Å². The van der Waals surface area contributed by atoms with E-state index in [9.17, 15) is 4.39 Å². The summed E-state index contributed by atoms with van der Waals surface area (Å²) in [5.74, 6) is 0.447. The van der Waals surface area contributed by atoms with Crippen LogP contribution in [0.15, 0.2) is 18.3 Å². The Morgan fingerprint density at radius 3 is 2.63 bits per heavy atom. The van der Waals surface area contributed by atoms with Crippen molar-refractivity contribution in [1.29, 1.82) is 5.26 Å². The Labute approximate surface area is 173 Å². The molecule has 0 aromatic carbocycles. The molecule has 3 aromatic heterocycles. The quantitative estimate of drug-likeness (QED) is 0.697. The number of fused-ring (bicyclic) bond motifs is 1. The second kappa shape index (κ2) is 9.37. The Hall–Kier alpha value is -3.45. The Bertz CT molecular complexity index is 1070. The number of hydrogen-bond donors (Lipinski definition) is 1. The first kappa shape index (κ1) is 21.3. The van der Waals surface area contributed by atoms with Crippen molar-refractivity contribution in [3.8, 4) is 23.2 Å². The van der Waals surface area contributed by atoms with E-state index >= 15 is 0 Å². The highest BCUT2D eigenvalue weighted by Crippen LogP contribution is 2.30. The maximum atomic E-state index is 14.5. The molecule has 0 aliphatic carbocycles. The molecule has 4 rings (SSSR count). The lowest BCUT2D eigenvalue weighted by Gasteiger charge is -2.28. The molecule has 0 unspecified atom stereocenters. The van der Waals surface area contributed by atoms with Crippen molar-refractivity contribution in [2.24, 2.45) is 0 Å². The Morgan fingerprint density at radius 1 is 1.30 bits per heavy atom. The van der Waals surface area contributed by atoms with E-state index in [0.717, 1.165) is 6.07 Å². The average molecular weight is 413 g/mol. The fourth-order valence-electron chi connectivity index (χ4n) is 2.97. The van der Waals surface area contributed by atoms with Gasteiger partial charge in [-0.25, -0.2) is 18.9 Å². The van der Waals surface area contributed by atoms with Gasteiger partial charge in [-0.3, -0.25) is 0 Å². The third-order valence-corrected chi connectivity index (χ3v) is 4.34. The van der Waals surface area contributed by atoms with E-state index in [1.54, 1.807) is 13.2 Å². The minimum absolute atomic E-state index is 0.0197. The normalized spacial score (nSPS) is 13.5. The number of methoxy groups -OCH3 is 1. The van der Waals surface area contributed by atoms with Crippen LogP contribution in [0, 0.1) is 17.1 Å². The standard InChI is InChI=1S/C17H16FN7O2.C3H8/c1-26-13-7-14-21-9-12(15-11(18)6-10(8-19)16(20)22-15)25(14)23-17(13)24-2-4-27-5-3-24;1-3-2/h6-7,9H,2-5H2,1H3,(H2,20,22);3H2,1-2H3. The second-order valence-corrected chi connectivity index (χ2v) is 6.62. The molecule has 3 aromatic rings. The highest BCUT2D eigenvalue weighted by atomic mass is 19.1. The Kier molecular flexibility index (Phi) is 6.64. The molecule has 0 radical (unpaired) electrons. The fourth-order valence-corrected chi connectivity index (χ4v) is 2.97. The summed E-state index contributed by atoms with van der Waals surface area (Å²) >= 11 is 0. The molecule has 1 fully saturated rings. The molecular formula is C20H24FN7O2. The van der Waals surface area contributed by atoms with Crippen molar-refractivity contribution in [1.82, 2.24) is 19.6 Å². The summed E-state index contributed by atoms with van der Waals surface area (Å²) in [4.78, 5) is 10.3. The number of rotatable bonds is 3. The number of halogens is 1. The van der Waals surface area contributed by atoms with E-state index in [1.807, 2.05) is 11.0 Å². The average Bonchev–Trinajstić information content (AvgIpc) is 3.18. The van der Waals surface area contributed by atoms with Gasteiger partial charge in [-0.05, 0) is 6.07 Å². The number of pyridine rings is 1. The maximum absolute atomic E-state index is 14.5. The number of nitrogens with two attached hydrogens (primary N) is 1. The summed E-state index contributed by atoms with van der Waals surface area (Å²) in [7, 11) is 1.56. The van der Waals surface area contributed by atoms with Gasteiger partial charge >= 0.3 is 0 Å². The van der Waals surface area contributed by atoms with Crippen LogP contribution in [-0.2, 0) is 4.74 Å². The van der Waals surface area contributed by atoms with Crippen molar-refractivity contribution >= 4 is 17.3 Å². The first-order chi connectivity index (χ1) is 14.5. The van der Waals surface area contributed by atoms with Gasteiger partial charge in [0.05, 0.1) is 32.1 Å². The number of imidazole rings is 1. The molecule has 1 saturated heterocycles. The molecule has 0 saturated carbocycles.